The highest BCUT2D eigenvalue weighted by molar-refractivity contribution is 5.95. The van der Waals surface area contributed by atoms with E-state index in [-0.39, 0.29) is 31.2 Å². The number of carbonyl (C=O) groups excluding carboxylic acids is 3. The molecular weight excluding hydrogens is 378 g/mol. The van der Waals surface area contributed by atoms with E-state index in [0.717, 1.165) is 0 Å². The number of likely N-dealkylation sites (tertiary alicyclic amines) is 1. The Bertz CT molecular complexity index is 781. The van der Waals surface area contributed by atoms with Gasteiger partial charge in [0, 0.05) is 24.7 Å². The third-order valence-corrected chi connectivity index (χ3v) is 4.60. The monoisotopic (exact) mass is 405 g/mol. The van der Waals surface area contributed by atoms with E-state index in [2.05, 4.69) is 10.6 Å². The first-order valence-corrected chi connectivity index (χ1v) is 9.66. The lowest BCUT2D eigenvalue weighted by Gasteiger charge is -2.32. The van der Waals surface area contributed by atoms with Crippen molar-refractivity contribution in [3.63, 3.8) is 0 Å². The number of nitrogens with zero attached hydrogens (tertiary/aromatic N) is 1. The van der Waals surface area contributed by atoms with Gasteiger partial charge in [-0.3, -0.25) is 9.59 Å². The molecule has 0 spiro atoms. The number of alkyl carbamates (subject to hydrolysis) is 1. The second kappa shape index (κ2) is 8.59. The van der Waals surface area contributed by atoms with Crippen molar-refractivity contribution in [3.8, 4) is 11.5 Å². The molecule has 2 aliphatic heterocycles. The van der Waals surface area contributed by atoms with E-state index in [1.54, 1.807) is 43.9 Å². The van der Waals surface area contributed by atoms with E-state index in [1.807, 2.05) is 0 Å². The molecule has 2 heterocycles. The molecule has 9 heteroatoms. The number of nitrogens with one attached hydrogen (secondary N) is 2. The van der Waals surface area contributed by atoms with Gasteiger partial charge in [0.05, 0.1) is 0 Å². The van der Waals surface area contributed by atoms with Gasteiger partial charge in [-0.2, -0.15) is 0 Å². The van der Waals surface area contributed by atoms with Gasteiger partial charge in [0.25, 0.3) is 5.91 Å². The van der Waals surface area contributed by atoms with Crippen LogP contribution in [-0.2, 0) is 9.53 Å². The van der Waals surface area contributed by atoms with Gasteiger partial charge >= 0.3 is 6.09 Å². The van der Waals surface area contributed by atoms with Crippen LogP contribution in [0.25, 0.3) is 0 Å². The minimum absolute atomic E-state index is 0.0178. The number of amides is 3. The molecule has 1 fully saturated rings. The molecule has 1 saturated heterocycles. The zero-order valence-corrected chi connectivity index (χ0v) is 16.9. The van der Waals surface area contributed by atoms with Crippen LogP contribution in [0.3, 0.4) is 0 Å². The van der Waals surface area contributed by atoms with Crippen LogP contribution in [0.1, 0.15) is 44.0 Å². The molecule has 0 aliphatic carbocycles. The Labute approximate surface area is 169 Å². The fourth-order valence-corrected chi connectivity index (χ4v) is 3.15. The summed E-state index contributed by atoms with van der Waals surface area (Å²) in [6, 6.07) is 5.06. The SMILES string of the molecule is CC(C)(C)OC(=O)NCC(=O)N1CCC(NC(=O)c2ccc3c(c2)OCO3)CC1. The molecule has 3 rings (SSSR count). The van der Waals surface area contributed by atoms with Crippen molar-refractivity contribution in [2.24, 2.45) is 0 Å². The van der Waals surface area contributed by atoms with Gasteiger partial charge < -0.3 is 29.7 Å². The lowest BCUT2D eigenvalue weighted by Crippen LogP contribution is -2.49. The van der Waals surface area contributed by atoms with Crippen molar-refractivity contribution in [1.82, 2.24) is 15.5 Å². The molecular formula is C20H27N3O6. The maximum Gasteiger partial charge on any atom is 0.408 e. The van der Waals surface area contributed by atoms with Crippen LogP contribution >= 0.6 is 0 Å². The number of carbonyl (C=O) groups is 3. The summed E-state index contributed by atoms with van der Waals surface area (Å²) in [6.07, 6.45) is 0.680. The maximum absolute atomic E-state index is 12.5. The van der Waals surface area contributed by atoms with E-state index < -0.39 is 11.7 Å². The van der Waals surface area contributed by atoms with Crippen molar-refractivity contribution >= 4 is 17.9 Å². The average Bonchev–Trinajstić information content (AvgIpc) is 3.13. The minimum atomic E-state index is -0.614. The molecule has 29 heavy (non-hydrogen) atoms. The lowest BCUT2D eigenvalue weighted by atomic mass is 10.0. The first kappa shape index (κ1) is 20.8. The predicted octanol–water partition coefficient (Wildman–Crippen LogP) is 1.66. The Morgan fingerprint density at radius 1 is 1.14 bits per heavy atom. The summed E-state index contributed by atoms with van der Waals surface area (Å²) >= 11 is 0. The van der Waals surface area contributed by atoms with Crippen LogP contribution in [0.4, 0.5) is 4.79 Å². The number of ether oxygens (including phenoxy) is 3. The first-order chi connectivity index (χ1) is 13.7. The van der Waals surface area contributed by atoms with Crippen LogP contribution < -0.4 is 20.1 Å². The van der Waals surface area contributed by atoms with Crippen molar-refractivity contribution in [2.45, 2.75) is 45.3 Å². The standard InChI is InChI=1S/C20H27N3O6/c1-20(2,3)29-19(26)21-11-17(24)23-8-6-14(7-9-23)22-18(25)13-4-5-15-16(10-13)28-12-27-15/h4-5,10,14H,6-9,11-12H2,1-3H3,(H,21,26)(H,22,25). The Hall–Kier alpha value is -2.97. The quantitative estimate of drug-likeness (QED) is 0.789. The summed E-state index contributed by atoms with van der Waals surface area (Å²) in [6.45, 7) is 6.37. The number of rotatable bonds is 4. The van der Waals surface area contributed by atoms with Gasteiger partial charge in [0.1, 0.15) is 12.1 Å². The second-order valence-corrected chi connectivity index (χ2v) is 8.05. The van der Waals surface area contributed by atoms with Crippen LogP contribution in [0, 0.1) is 0 Å². The molecule has 0 unspecified atom stereocenters. The van der Waals surface area contributed by atoms with Crippen molar-refractivity contribution in [3.05, 3.63) is 23.8 Å². The summed E-state index contributed by atoms with van der Waals surface area (Å²) in [5, 5.41) is 5.48. The van der Waals surface area contributed by atoms with E-state index in [9.17, 15) is 14.4 Å². The molecule has 1 aromatic carbocycles. The molecule has 0 atom stereocenters. The van der Waals surface area contributed by atoms with E-state index in [1.165, 1.54) is 0 Å². The maximum atomic E-state index is 12.5. The van der Waals surface area contributed by atoms with Crippen molar-refractivity contribution in [1.29, 1.82) is 0 Å². The normalized spacial score (nSPS) is 16.3. The minimum Gasteiger partial charge on any atom is -0.454 e. The summed E-state index contributed by atoms with van der Waals surface area (Å²) in [5.41, 5.74) is -0.101. The van der Waals surface area contributed by atoms with Gasteiger partial charge in [-0.15, -0.1) is 0 Å². The van der Waals surface area contributed by atoms with E-state index in [0.29, 0.717) is 43.0 Å². The molecule has 2 aliphatic rings. The van der Waals surface area contributed by atoms with Gasteiger partial charge in [0.15, 0.2) is 11.5 Å². The van der Waals surface area contributed by atoms with Crippen LogP contribution in [0.5, 0.6) is 11.5 Å². The molecule has 2 N–H and O–H groups in total. The Kier molecular flexibility index (Phi) is 6.14. The van der Waals surface area contributed by atoms with E-state index >= 15 is 0 Å². The van der Waals surface area contributed by atoms with Crippen molar-refractivity contribution in [2.75, 3.05) is 26.4 Å². The van der Waals surface area contributed by atoms with Crippen LogP contribution in [0.2, 0.25) is 0 Å². The van der Waals surface area contributed by atoms with Crippen molar-refractivity contribution < 1.29 is 28.6 Å². The Morgan fingerprint density at radius 3 is 2.52 bits per heavy atom. The zero-order chi connectivity index (χ0) is 21.0. The first-order valence-electron chi connectivity index (χ1n) is 9.66. The molecule has 0 radical (unpaired) electrons. The van der Waals surface area contributed by atoms with Crippen LogP contribution in [-0.4, -0.2) is 60.9 Å². The number of hydrogen-bond donors (Lipinski definition) is 2. The van der Waals surface area contributed by atoms with Crippen LogP contribution in [0.15, 0.2) is 18.2 Å². The summed E-state index contributed by atoms with van der Waals surface area (Å²) in [4.78, 5) is 38.1. The number of hydrogen-bond acceptors (Lipinski definition) is 6. The highest BCUT2D eigenvalue weighted by Gasteiger charge is 2.25. The zero-order valence-electron chi connectivity index (χ0n) is 16.9. The fourth-order valence-electron chi connectivity index (χ4n) is 3.15. The summed E-state index contributed by atoms with van der Waals surface area (Å²) in [7, 11) is 0. The van der Waals surface area contributed by atoms with E-state index in [4.69, 9.17) is 14.2 Å². The van der Waals surface area contributed by atoms with Gasteiger partial charge in [-0.1, -0.05) is 0 Å². The second-order valence-electron chi connectivity index (χ2n) is 8.05. The molecule has 9 nitrogen and oxygen atoms in total. The Morgan fingerprint density at radius 2 is 1.83 bits per heavy atom. The summed E-state index contributed by atoms with van der Waals surface area (Å²) in [5.74, 6) is 0.847. The smallest absolute Gasteiger partial charge is 0.408 e. The molecule has 3 amide bonds. The topological polar surface area (TPSA) is 106 Å². The largest absolute Gasteiger partial charge is 0.454 e. The molecule has 1 aromatic rings. The number of benzene rings is 1. The van der Waals surface area contributed by atoms with Gasteiger partial charge in [-0.25, -0.2) is 4.79 Å². The molecule has 0 bridgehead atoms. The Balaban J connectivity index is 1.41. The fraction of sp³-hybridized carbons (Fsp3) is 0.550. The highest BCUT2D eigenvalue weighted by Crippen LogP contribution is 2.32. The number of fused-ring (bicyclic) bond motifs is 1. The summed E-state index contributed by atoms with van der Waals surface area (Å²) < 4.78 is 15.7. The molecule has 0 saturated carbocycles. The third kappa shape index (κ3) is 5.75. The lowest BCUT2D eigenvalue weighted by molar-refractivity contribution is -0.131. The predicted molar refractivity (Wildman–Crippen MR) is 104 cm³/mol. The average molecular weight is 405 g/mol. The molecule has 158 valence electrons. The molecule has 0 aromatic heterocycles. The third-order valence-electron chi connectivity index (χ3n) is 4.60. The van der Waals surface area contributed by atoms with Gasteiger partial charge in [0.2, 0.25) is 12.7 Å². The van der Waals surface area contributed by atoms with Gasteiger partial charge in [-0.05, 0) is 51.8 Å². The highest BCUT2D eigenvalue weighted by atomic mass is 16.7. The number of piperidine rings is 1.